The first-order valence-corrected chi connectivity index (χ1v) is 8.57. The van der Waals surface area contributed by atoms with Crippen molar-refractivity contribution in [2.75, 3.05) is 66.5 Å². The molecule has 1 aliphatic carbocycles. The van der Waals surface area contributed by atoms with E-state index >= 15 is 0 Å². The number of piperazine rings is 1. The van der Waals surface area contributed by atoms with E-state index in [1.165, 1.54) is 84.5 Å². The van der Waals surface area contributed by atoms with Crippen LogP contribution in [0.25, 0.3) is 0 Å². The van der Waals surface area contributed by atoms with Gasteiger partial charge in [-0.1, -0.05) is 19.3 Å². The molecule has 0 aromatic rings. The van der Waals surface area contributed by atoms with E-state index in [-0.39, 0.29) is 0 Å². The molecule has 0 aromatic carbocycles. The second-order valence-electron chi connectivity index (χ2n) is 6.78. The van der Waals surface area contributed by atoms with E-state index in [1.807, 2.05) is 0 Å². The summed E-state index contributed by atoms with van der Waals surface area (Å²) >= 11 is 0. The minimum Gasteiger partial charge on any atom is -0.313 e. The highest BCUT2D eigenvalue weighted by Gasteiger charge is 2.17. The normalized spacial score (nSPS) is 23.6. The lowest BCUT2D eigenvalue weighted by Crippen LogP contribution is -2.49. The van der Waals surface area contributed by atoms with Crippen LogP contribution in [-0.2, 0) is 0 Å². The minimum absolute atomic E-state index is 0.810. The molecule has 4 nitrogen and oxygen atoms in total. The SMILES string of the molecule is CN(C)CCN1CCN(CCNC2CCCCC2)CC1. The molecule has 1 saturated carbocycles. The van der Waals surface area contributed by atoms with E-state index in [9.17, 15) is 0 Å². The van der Waals surface area contributed by atoms with Crippen molar-refractivity contribution < 1.29 is 0 Å². The summed E-state index contributed by atoms with van der Waals surface area (Å²) in [4.78, 5) is 7.51. The summed E-state index contributed by atoms with van der Waals surface area (Å²) in [6.45, 7) is 9.82. The maximum absolute atomic E-state index is 3.76. The number of likely N-dealkylation sites (N-methyl/N-ethyl adjacent to an activating group) is 1. The van der Waals surface area contributed by atoms with Gasteiger partial charge in [-0.2, -0.15) is 0 Å². The first kappa shape index (κ1) is 16.2. The Labute approximate surface area is 125 Å². The van der Waals surface area contributed by atoms with Crippen LogP contribution in [0.2, 0.25) is 0 Å². The number of hydrogen-bond acceptors (Lipinski definition) is 4. The Morgan fingerprint density at radius 2 is 1.50 bits per heavy atom. The van der Waals surface area contributed by atoms with Gasteiger partial charge in [0.1, 0.15) is 0 Å². The molecule has 20 heavy (non-hydrogen) atoms. The van der Waals surface area contributed by atoms with Crippen molar-refractivity contribution >= 4 is 0 Å². The Morgan fingerprint density at radius 3 is 2.10 bits per heavy atom. The first-order valence-electron chi connectivity index (χ1n) is 8.57. The molecule has 0 radical (unpaired) electrons. The van der Waals surface area contributed by atoms with Gasteiger partial charge < -0.3 is 10.2 Å². The molecule has 0 unspecified atom stereocenters. The van der Waals surface area contributed by atoms with Crippen LogP contribution in [0, 0.1) is 0 Å². The quantitative estimate of drug-likeness (QED) is 0.754. The maximum Gasteiger partial charge on any atom is 0.0110 e. The molecule has 0 bridgehead atoms. The number of nitrogens with zero attached hydrogens (tertiary/aromatic N) is 3. The van der Waals surface area contributed by atoms with E-state index < -0.39 is 0 Å². The minimum atomic E-state index is 0.810. The largest absolute Gasteiger partial charge is 0.313 e. The topological polar surface area (TPSA) is 21.8 Å². The third-order valence-electron chi connectivity index (χ3n) is 4.79. The Balaban J connectivity index is 1.51. The van der Waals surface area contributed by atoms with Gasteiger partial charge in [0.15, 0.2) is 0 Å². The number of rotatable bonds is 7. The van der Waals surface area contributed by atoms with E-state index in [0.29, 0.717) is 0 Å². The van der Waals surface area contributed by atoms with Crippen LogP contribution in [-0.4, -0.2) is 87.2 Å². The van der Waals surface area contributed by atoms with E-state index in [0.717, 1.165) is 6.04 Å². The van der Waals surface area contributed by atoms with E-state index in [2.05, 4.69) is 34.1 Å². The standard InChI is InChI=1S/C16H34N4/c1-18(2)10-11-20-14-12-19(13-15-20)9-8-17-16-6-4-3-5-7-16/h16-17H,3-15H2,1-2H3. The molecule has 4 heteroatoms. The van der Waals surface area contributed by atoms with Crippen LogP contribution >= 0.6 is 0 Å². The van der Waals surface area contributed by atoms with Gasteiger partial charge >= 0.3 is 0 Å². The molecule has 0 amide bonds. The van der Waals surface area contributed by atoms with Gasteiger partial charge in [-0.15, -0.1) is 0 Å². The van der Waals surface area contributed by atoms with Crippen molar-refractivity contribution in [3.05, 3.63) is 0 Å². The molecule has 118 valence electrons. The van der Waals surface area contributed by atoms with Crippen LogP contribution in [0.15, 0.2) is 0 Å². The van der Waals surface area contributed by atoms with Gasteiger partial charge in [-0.25, -0.2) is 0 Å². The van der Waals surface area contributed by atoms with Crippen molar-refractivity contribution in [1.82, 2.24) is 20.0 Å². The molecule has 0 spiro atoms. The average Bonchev–Trinajstić information content (AvgIpc) is 2.47. The summed E-state index contributed by atoms with van der Waals surface area (Å²) < 4.78 is 0. The average molecular weight is 282 g/mol. The van der Waals surface area contributed by atoms with Crippen LogP contribution in [0.4, 0.5) is 0 Å². The van der Waals surface area contributed by atoms with Crippen molar-refractivity contribution in [2.24, 2.45) is 0 Å². The van der Waals surface area contributed by atoms with Crippen molar-refractivity contribution in [2.45, 2.75) is 38.1 Å². The third kappa shape index (κ3) is 6.08. The predicted molar refractivity (Wildman–Crippen MR) is 86.3 cm³/mol. The lowest BCUT2D eigenvalue weighted by Gasteiger charge is -2.35. The lowest BCUT2D eigenvalue weighted by molar-refractivity contribution is 0.125. The molecule has 1 aliphatic heterocycles. The molecular formula is C16H34N4. The van der Waals surface area contributed by atoms with Gasteiger partial charge in [0.05, 0.1) is 0 Å². The maximum atomic E-state index is 3.76. The lowest BCUT2D eigenvalue weighted by atomic mass is 9.95. The highest BCUT2D eigenvalue weighted by atomic mass is 15.3. The molecular weight excluding hydrogens is 248 g/mol. The zero-order valence-electron chi connectivity index (χ0n) is 13.6. The Bertz CT molecular complexity index is 243. The fourth-order valence-corrected chi connectivity index (χ4v) is 3.31. The predicted octanol–water partition coefficient (Wildman–Crippen LogP) is 1.09. The summed E-state index contributed by atoms with van der Waals surface area (Å²) in [5.74, 6) is 0. The zero-order chi connectivity index (χ0) is 14.2. The van der Waals surface area contributed by atoms with Crippen LogP contribution in [0.3, 0.4) is 0 Å². The molecule has 0 atom stereocenters. The Morgan fingerprint density at radius 1 is 0.900 bits per heavy atom. The van der Waals surface area contributed by atoms with Crippen molar-refractivity contribution in [1.29, 1.82) is 0 Å². The summed E-state index contributed by atoms with van der Waals surface area (Å²) in [5, 5.41) is 3.76. The zero-order valence-corrected chi connectivity index (χ0v) is 13.6. The monoisotopic (exact) mass is 282 g/mol. The van der Waals surface area contributed by atoms with Gasteiger partial charge in [0, 0.05) is 58.4 Å². The van der Waals surface area contributed by atoms with Crippen LogP contribution < -0.4 is 5.32 Å². The van der Waals surface area contributed by atoms with Gasteiger partial charge in [-0.3, -0.25) is 9.80 Å². The fraction of sp³-hybridized carbons (Fsp3) is 1.00. The number of nitrogens with one attached hydrogen (secondary N) is 1. The molecule has 2 rings (SSSR count). The summed E-state index contributed by atoms with van der Waals surface area (Å²) in [5.41, 5.74) is 0. The molecule has 1 N–H and O–H groups in total. The second kappa shape index (κ2) is 8.98. The van der Waals surface area contributed by atoms with Crippen molar-refractivity contribution in [3.63, 3.8) is 0 Å². The Kier molecular flexibility index (Phi) is 7.28. The first-order chi connectivity index (χ1) is 9.74. The highest BCUT2D eigenvalue weighted by molar-refractivity contribution is 4.75. The van der Waals surface area contributed by atoms with Gasteiger partial charge in [0.25, 0.3) is 0 Å². The Hall–Kier alpha value is -0.160. The molecule has 2 aliphatic rings. The molecule has 2 fully saturated rings. The van der Waals surface area contributed by atoms with E-state index in [1.54, 1.807) is 0 Å². The molecule has 1 saturated heterocycles. The summed E-state index contributed by atoms with van der Waals surface area (Å²) in [6, 6.07) is 0.810. The van der Waals surface area contributed by atoms with Crippen LogP contribution in [0.5, 0.6) is 0 Å². The highest BCUT2D eigenvalue weighted by Crippen LogP contribution is 2.17. The van der Waals surface area contributed by atoms with E-state index in [4.69, 9.17) is 0 Å². The summed E-state index contributed by atoms with van der Waals surface area (Å²) in [7, 11) is 4.32. The second-order valence-corrected chi connectivity index (χ2v) is 6.78. The van der Waals surface area contributed by atoms with Gasteiger partial charge in [0.2, 0.25) is 0 Å². The molecule has 1 heterocycles. The summed E-state index contributed by atoms with van der Waals surface area (Å²) in [6.07, 6.45) is 7.12. The molecule has 0 aromatic heterocycles. The van der Waals surface area contributed by atoms with Crippen molar-refractivity contribution in [3.8, 4) is 0 Å². The smallest absolute Gasteiger partial charge is 0.0110 e. The fourth-order valence-electron chi connectivity index (χ4n) is 3.31. The van der Waals surface area contributed by atoms with Crippen LogP contribution in [0.1, 0.15) is 32.1 Å². The van der Waals surface area contributed by atoms with Gasteiger partial charge in [-0.05, 0) is 26.9 Å². The number of hydrogen-bond donors (Lipinski definition) is 1. The third-order valence-corrected chi connectivity index (χ3v) is 4.79.